The number of oxazole rings is 1. The van der Waals surface area contributed by atoms with Gasteiger partial charge in [-0.15, -0.1) is 0 Å². The van der Waals surface area contributed by atoms with Gasteiger partial charge >= 0.3 is 0 Å². The largest absolute Gasteiger partial charge is 0.441 e. The molecule has 0 saturated heterocycles. The second kappa shape index (κ2) is 8.32. The van der Waals surface area contributed by atoms with Crippen molar-refractivity contribution in [3.05, 3.63) is 40.3 Å². The van der Waals surface area contributed by atoms with Gasteiger partial charge in [0.25, 0.3) is 0 Å². The van der Waals surface area contributed by atoms with Crippen LogP contribution in [-0.4, -0.2) is 31.8 Å². The number of methoxy groups -OCH3 is 1. The molecule has 0 saturated carbocycles. The lowest BCUT2D eigenvalue weighted by Crippen LogP contribution is -2.20. The summed E-state index contributed by atoms with van der Waals surface area (Å²) in [6.45, 7) is 4.63. The molecule has 114 valence electrons. The molecular weight excluding hydrogens is 332 g/mol. The van der Waals surface area contributed by atoms with Gasteiger partial charge in [-0.05, 0) is 37.6 Å². The Morgan fingerprint density at radius 1 is 1.33 bits per heavy atom. The summed E-state index contributed by atoms with van der Waals surface area (Å²) in [6.07, 6.45) is 3.63. The lowest BCUT2D eigenvalue weighted by Gasteiger charge is -2.03. The van der Waals surface area contributed by atoms with Crippen molar-refractivity contribution in [2.24, 2.45) is 0 Å². The Morgan fingerprint density at radius 2 is 2.19 bits per heavy atom. The summed E-state index contributed by atoms with van der Waals surface area (Å²) in [5.41, 5.74) is 2.25. The molecule has 0 atom stereocenters. The van der Waals surface area contributed by atoms with Gasteiger partial charge in [0, 0.05) is 30.1 Å². The number of aryl methyl sites for hydroxylation is 2. The Morgan fingerprint density at radius 3 is 2.95 bits per heavy atom. The first-order chi connectivity index (χ1) is 10.2. The van der Waals surface area contributed by atoms with Crippen LogP contribution >= 0.6 is 15.9 Å². The van der Waals surface area contributed by atoms with Crippen LogP contribution in [0, 0.1) is 6.92 Å². The van der Waals surface area contributed by atoms with Crippen molar-refractivity contribution < 1.29 is 9.15 Å². The van der Waals surface area contributed by atoms with Crippen molar-refractivity contribution in [2.75, 3.05) is 26.8 Å². The van der Waals surface area contributed by atoms with Crippen molar-refractivity contribution in [3.63, 3.8) is 0 Å². The predicted octanol–water partition coefficient (Wildman–Crippen LogP) is 3.58. The zero-order chi connectivity index (χ0) is 15.1. The fraction of sp³-hybridized carbons (Fsp3) is 0.438. The molecule has 0 fully saturated rings. The monoisotopic (exact) mass is 352 g/mol. The van der Waals surface area contributed by atoms with E-state index in [1.54, 1.807) is 13.3 Å². The number of rotatable bonds is 8. The van der Waals surface area contributed by atoms with E-state index in [1.165, 1.54) is 5.56 Å². The molecule has 4 nitrogen and oxygen atoms in total. The number of hydrogen-bond donors (Lipinski definition) is 1. The van der Waals surface area contributed by atoms with E-state index in [1.807, 2.05) is 0 Å². The smallest absolute Gasteiger partial charge is 0.194 e. The molecule has 1 aromatic heterocycles. The Kier molecular flexibility index (Phi) is 6.42. The van der Waals surface area contributed by atoms with Crippen LogP contribution in [0.3, 0.4) is 0 Å². The van der Waals surface area contributed by atoms with Crippen LogP contribution in [0.4, 0.5) is 0 Å². The molecule has 0 bridgehead atoms. The fourth-order valence-electron chi connectivity index (χ4n) is 2.03. The van der Waals surface area contributed by atoms with Crippen LogP contribution in [0.15, 0.2) is 33.3 Å². The van der Waals surface area contributed by atoms with Gasteiger partial charge in [0.1, 0.15) is 0 Å². The minimum Gasteiger partial charge on any atom is -0.441 e. The highest BCUT2D eigenvalue weighted by Crippen LogP contribution is 2.29. The molecule has 0 amide bonds. The van der Waals surface area contributed by atoms with Crippen molar-refractivity contribution in [2.45, 2.75) is 19.8 Å². The maximum atomic E-state index is 5.82. The molecule has 0 unspecified atom stereocenters. The quantitative estimate of drug-likeness (QED) is 0.737. The number of ether oxygens (including phenoxy) is 1. The zero-order valence-corrected chi connectivity index (χ0v) is 14.1. The minimum absolute atomic E-state index is 0.741. The van der Waals surface area contributed by atoms with E-state index in [4.69, 9.17) is 9.15 Å². The second-order valence-corrected chi connectivity index (χ2v) is 5.80. The van der Waals surface area contributed by atoms with E-state index in [0.29, 0.717) is 0 Å². The number of nitrogens with zero attached hydrogens (tertiary/aromatic N) is 1. The van der Waals surface area contributed by atoms with Crippen LogP contribution in [0.1, 0.15) is 17.9 Å². The summed E-state index contributed by atoms with van der Waals surface area (Å²) >= 11 is 3.57. The van der Waals surface area contributed by atoms with Crippen molar-refractivity contribution in [1.82, 2.24) is 10.3 Å². The van der Waals surface area contributed by atoms with Gasteiger partial charge in [0.05, 0.1) is 12.8 Å². The van der Waals surface area contributed by atoms with Crippen LogP contribution in [0.25, 0.3) is 11.3 Å². The molecule has 0 aliphatic heterocycles. The average Bonchev–Trinajstić information content (AvgIpc) is 2.91. The third-order valence-corrected chi connectivity index (χ3v) is 3.83. The highest BCUT2D eigenvalue weighted by Gasteiger charge is 2.09. The minimum atomic E-state index is 0.741. The summed E-state index contributed by atoms with van der Waals surface area (Å²) < 4.78 is 11.8. The molecule has 0 spiro atoms. The van der Waals surface area contributed by atoms with Gasteiger partial charge in [-0.1, -0.05) is 22.0 Å². The summed E-state index contributed by atoms with van der Waals surface area (Å²) in [4.78, 5) is 4.35. The maximum absolute atomic E-state index is 5.82. The van der Waals surface area contributed by atoms with Crippen LogP contribution in [-0.2, 0) is 11.2 Å². The molecular formula is C16H21BrN2O2. The molecule has 1 aromatic carbocycles. The lowest BCUT2D eigenvalue weighted by atomic mass is 10.1. The Bertz CT molecular complexity index is 569. The van der Waals surface area contributed by atoms with Crippen LogP contribution in [0.2, 0.25) is 0 Å². The Balaban J connectivity index is 1.86. The lowest BCUT2D eigenvalue weighted by molar-refractivity contribution is 0.199. The first-order valence-electron chi connectivity index (χ1n) is 7.11. The summed E-state index contributed by atoms with van der Waals surface area (Å²) in [5.74, 6) is 1.59. The van der Waals surface area contributed by atoms with E-state index in [0.717, 1.165) is 54.2 Å². The first-order valence-corrected chi connectivity index (χ1v) is 7.91. The van der Waals surface area contributed by atoms with Gasteiger partial charge in [-0.3, -0.25) is 0 Å². The maximum Gasteiger partial charge on any atom is 0.194 e. The molecule has 5 heteroatoms. The molecule has 2 rings (SSSR count). The molecule has 0 aliphatic carbocycles. The standard InChI is InChI=1S/C16H21BrN2O2/c1-12-5-6-13(14(17)10-12)15-11-19-16(21-15)4-3-7-18-8-9-20-2/h5-6,10-11,18H,3-4,7-9H2,1-2H3. The van der Waals surface area contributed by atoms with Gasteiger partial charge in [0.2, 0.25) is 0 Å². The first kappa shape index (κ1) is 16.2. The third kappa shape index (κ3) is 4.95. The van der Waals surface area contributed by atoms with Gasteiger partial charge in [-0.2, -0.15) is 0 Å². The fourth-order valence-corrected chi connectivity index (χ4v) is 2.72. The number of benzene rings is 1. The molecule has 2 aromatic rings. The van der Waals surface area contributed by atoms with Gasteiger partial charge in [-0.25, -0.2) is 4.98 Å². The van der Waals surface area contributed by atoms with E-state index < -0.39 is 0 Å². The number of halogens is 1. The van der Waals surface area contributed by atoms with E-state index in [9.17, 15) is 0 Å². The van der Waals surface area contributed by atoms with Crippen molar-refractivity contribution in [3.8, 4) is 11.3 Å². The zero-order valence-electron chi connectivity index (χ0n) is 12.5. The van der Waals surface area contributed by atoms with Crippen molar-refractivity contribution in [1.29, 1.82) is 0 Å². The summed E-state index contributed by atoms with van der Waals surface area (Å²) in [7, 11) is 1.71. The van der Waals surface area contributed by atoms with Crippen LogP contribution in [0.5, 0.6) is 0 Å². The number of hydrogen-bond acceptors (Lipinski definition) is 4. The van der Waals surface area contributed by atoms with Gasteiger partial charge < -0.3 is 14.5 Å². The SMILES string of the molecule is COCCNCCCc1ncc(-c2ccc(C)cc2Br)o1. The topological polar surface area (TPSA) is 47.3 Å². The van der Waals surface area contributed by atoms with Crippen LogP contribution < -0.4 is 5.32 Å². The highest BCUT2D eigenvalue weighted by atomic mass is 79.9. The van der Waals surface area contributed by atoms with Crippen molar-refractivity contribution >= 4 is 15.9 Å². The molecule has 1 heterocycles. The van der Waals surface area contributed by atoms with E-state index >= 15 is 0 Å². The Labute approximate surface area is 134 Å². The second-order valence-electron chi connectivity index (χ2n) is 4.95. The Hall–Kier alpha value is -1.17. The van der Waals surface area contributed by atoms with Gasteiger partial charge in [0.15, 0.2) is 11.7 Å². The molecule has 21 heavy (non-hydrogen) atoms. The molecule has 0 radical (unpaired) electrons. The summed E-state index contributed by atoms with van der Waals surface area (Å²) in [6, 6.07) is 6.20. The number of nitrogens with one attached hydrogen (secondary N) is 1. The third-order valence-electron chi connectivity index (χ3n) is 3.17. The molecule has 0 aliphatic rings. The normalized spacial score (nSPS) is 11.0. The van der Waals surface area contributed by atoms with E-state index in [-0.39, 0.29) is 0 Å². The number of aromatic nitrogens is 1. The predicted molar refractivity (Wildman–Crippen MR) is 87.4 cm³/mol. The molecule has 1 N–H and O–H groups in total. The summed E-state index contributed by atoms with van der Waals surface area (Å²) in [5, 5.41) is 3.31. The van der Waals surface area contributed by atoms with E-state index in [2.05, 4.69) is 51.4 Å². The average molecular weight is 353 g/mol. The highest BCUT2D eigenvalue weighted by molar-refractivity contribution is 9.10.